The Hall–Kier alpha value is -2.57. The van der Waals surface area contributed by atoms with Gasteiger partial charge in [-0.3, -0.25) is 9.59 Å². The summed E-state index contributed by atoms with van der Waals surface area (Å²) in [6.07, 6.45) is 0. The van der Waals surface area contributed by atoms with Gasteiger partial charge in [0.15, 0.2) is 0 Å². The highest BCUT2D eigenvalue weighted by atomic mass is 32.2. The van der Waals surface area contributed by atoms with E-state index in [1.807, 2.05) is 17.5 Å². The molecule has 11 heteroatoms. The van der Waals surface area contributed by atoms with Crippen molar-refractivity contribution in [2.75, 3.05) is 53.5 Å². The Bertz CT molecular complexity index is 1180. The highest BCUT2D eigenvalue weighted by molar-refractivity contribution is 7.89. The van der Waals surface area contributed by atoms with Gasteiger partial charge in [0.1, 0.15) is 13.1 Å². The van der Waals surface area contributed by atoms with E-state index in [0.717, 1.165) is 22.3 Å². The van der Waals surface area contributed by atoms with Crippen LogP contribution in [0.15, 0.2) is 52.2 Å². The van der Waals surface area contributed by atoms with Gasteiger partial charge >= 0.3 is 0 Å². The fourth-order valence-electron chi connectivity index (χ4n) is 4.18. The summed E-state index contributed by atoms with van der Waals surface area (Å²) >= 11 is 1.38. The molecule has 2 fully saturated rings. The van der Waals surface area contributed by atoms with Crippen LogP contribution in [0.3, 0.4) is 0 Å². The van der Waals surface area contributed by atoms with E-state index in [1.165, 1.54) is 59.5 Å². The molecule has 0 aliphatic carbocycles. The molecule has 4 rings (SSSR count). The number of nitrogens with zero attached hydrogens (tertiary/aromatic N) is 2. The molecule has 2 aliphatic heterocycles. The molecule has 1 atom stereocenters. The summed E-state index contributed by atoms with van der Waals surface area (Å²) in [5, 5.41) is 15.3. The number of sulfonamides is 1. The van der Waals surface area contributed by atoms with E-state index < -0.39 is 33.5 Å². The van der Waals surface area contributed by atoms with E-state index in [2.05, 4.69) is 0 Å². The molecule has 34 heavy (non-hydrogen) atoms. The smallest absolute Gasteiger partial charge is 0.295 e. The maximum atomic E-state index is 13.4. The first-order valence-electron chi connectivity index (χ1n) is 11.0. The number of amides is 1. The fraction of sp³-hybridized carbons (Fsp3) is 0.391. The lowest BCUT2D eigenvalue weighted by Crippen LogP contribution is -3.14. The number of quaternary nitrogens is 1. The van der Waals surface area contributed by atoms with Gasteiger partial charge in [-0.1, -0.05) is 24.0 Å². The quantitative estimate of drug-likeness (QED) is 0.298. The Morgan fingerprint density at radius 2 is 1.85 bits per heavy atom. The van der Waals surface area contributed by atoms with Crippen LogP contribution in [0.25, 0.3) is 5.76 Å². The first-order valence-corrected chi connectivity index (χ1v) is 13.3. The molecular formula is C23H27N3O6S2. The second kappa shape index (κ2) is 9.96. The number of ketones is 1. The van der Waals surface area contributed by atoms with Crippen LogP contribution in [0.4, 0.5) is 0 Å². The lowest BCUT2D eigenvalue weighted by Gasteiger charge is -2.29. The number of ether oxygens (including phenoxy) is 1. The van der Waals surface area contributed by atoms with E-state index in [-0.39, 0.29) is 16.0 Å². The Morgan fingerprint density at radius 3 is 2.44 bits per heavy atom. The van der Waals surface area contributed by atoms with E-state index >= 15 is 0 Å². The largest absolute Gasteiger partial charge is 0.872 e. The molecule has 1 aromatic heterocycles. The molecule has 0 saturated carbocycles. The number of likely N-dealkylation sites (tertiary alicyclic amines) is 1. The van der Waals surface area contributed by atoms with Crippen LogP contribution in [-0.4, -0.2) is 82.8 Å². The summed E-state index contributed by atoms with van der Waals surface area (Å²) in [6, 6.07) is 8.33. The molecule has 3 heterocycles. The monoisotopic (exact) mass is 505 g/mol. The van der Waals surface area contributed by atoms with Gasteiger partial charge in [-0.25, -0.2) is 12.7 Å². The average molecular weight is 506 g/mol. The van der Waals surface area contributed by atoms with Gasteiger partial charge in [-0.05, 0) is 29.1 Å². The average Bonchev–Trinajstić information content (AvgIpc) is 3.45. The van der Waals surface area contributed by atoms with Crippen LogP contribution in [0.2, 0.25) is 0 Å². The maximum absolute atomic E-state index is 13.4. The first kappa shape index (κ1) is 24.6. The Labute approximate surface area is 202 Å². The third kappa shape index (κ3) is 4.66. The molecular weight excluding hydrogens is 478 g/mol. The van der Waals surface area contributed by atoms with Crippen molar-refractivity contribution in [3.8, 4) is 0 Å². The van der Waals surface area contributed by atoms with Gasteiger partial charge in [0.05, 0.1) is 37.2 Å². The van der Waals surface area contributed by atoms with Crippen molar-refractivity contribution in [1.82, 2.24) is 9.21 Å². The number of nitrogens with one attached hydrogen (secondary N) is 1. The number of morpholine rings is 1. The van der Waals surface area contributed by atoms with Gasteiger partial charge < -0.3 is 19.6 Å². The number of hydrogen-bond acceptors (Lipinski definition) is 7. The van der Waals surface area contributed by atoms with Gasteiger partial charge in [0.25, 0.3) is 5.91 Å². The number of Topliss-reactive ketones (excluding diaryl/α,β-unsaturated/α-hetero) is 1. The number of carbonyl (C=O) groups is 2. The predicted molar refractivity (Wildman–Crippen MR) is 124 cm³/mol. The third-order valence-corrected chi connectivity index (χ3v) is 8.90. The summed E-state index contributed by atoms with van der Waals surface area (Å²) < 4.78 is 31.1. The fourth-order valence-corrected chi connectivity index (χ4v) is 5.92. The lowest BCUT2D eigenvalue weighted by atomic mass is 10.00. The molecule has 0 bridgehead atoms. The number of benzene rings is 1. The zero-order chi connectivity index (χ0) is 24.5. The second-order valence-electron chi connectivity index (χ2n) is 8.41. The molecule has 2 aliphatic rings. The van der Waals surface area contributed by atoms with Crippen LogP contribution < -0.4 is 10.0 Å². The Morgan fingerprint density at radius 1 is 1.18 bits per heavy atom. The number of hydrogen-bond donors (Lipinski definition) is 1. The maximum Gasteiger partial charge on any atom is 0.295 e. The third-order valence-electron chi connectivity index (χ3n) is 6.14. The van der Waals surface area contributed by atoms with Gasteiger partial charge in [-0.15, -0.1) is 11.3 Å². The van der Waals surface area contributed by atoms with Crippen LogP contribution in [-0.2, 0) is 24.3 Å². The molecule has 0 radical (unpaired) electrons. The van der Waals surface area contributed by atoms with Crippen molar-refractivity contribution in [2.45, 2.75) is 10.9 Å². The predicted octanol–water partition coefficient (Wildman–Crippen LogP) is -0.862. The zero-order valence-electron chi connectivity index (χ0n) is 19.0. The number of rotatable bonds is 7. The van der Waals surface area contributed by atoms with Crippen molar-refractivity contribution < 1.29 is 32.8 Å². The number of thiophene rings is 1. The van der Waals surface area contributed by atoms with Gasteiger partial charge in [-0.2, -0.15) is 0 Å². The molecule has 1 N–H and O–H groups in total. The van der Waals surface area contributed by atoms with Crippen molar-refractivity contribution in [3.63, 3.8) is 0 Å². The lowest BCUT2D eigenvalue weighted by molar-refractivity contribution is -0.907. The van der Waals surface area contributed by atoms with E-state index in [1.54, 1.807) is 0 Å². The highest BCUT2D eigenvalue weighted by Crippen LogP contribution is 2.40. The molecule has 182 valence electrons. The zero-order valence-corrected chi connectivity index (χ0v) is 20.7. The van der Waals surface area contributed by atoms with E-state index in [0.29, 0.717) is 26.3 Å². The normalized spacial score (nSPS) is 21.5. The standard InChI is InChI=1S/C23H27N3O6S2/c1-24(2)34(30,31)17-7-5-16(6-8-17)21(27)19-20(18-4-3-15-33-18)26(23(29)22(19)28)10-9-25-11-13-32-14-12-25/h3-8,15,20,27H,9-14H2,1-2H3/b21-19+. The topological polar surface area (TPSA) is 111 Å². The van der Waals surface area contributed by atoms with Crippen LogP contribution in [0.1, 0.15) is 16.5 Å². The van der Waals surface area contributed by atoms with Crippen LogP contribution in [0.5, 0.6) is 0 Å². The van der Waals surface area contributed by atoms with Crippen LogP contribution in [0, 0.1) is 0 Å². The SMILES string of the molecule is CN(C)S(=O)(=O)c1ccc(/C([O-])=C2\C(=O)C(=O)N(CC[NH+]3CCOCC3)C2c2cccs2)cc1. The van der Waals surface area contributed by atoms with E-state index in [4.69, 9.17) is 4.74 Å². The number of carbonyl (C=O) groups excluding carboxylic acids is 2. The van der Waals surface area contributed by atoms with Crippen molar-refractivity contribution >= 4 is 38.8 Å². The summed E-state index contributed by atoms with van der Waals surface area (Å²) in [5.74, 6) is -2.04. The molecule has 1 unspecified atom stereocenters. The summed E-state index contributed by atoms with van der Waals surface area (Å²) in [6.45, 7) is 3.98. The molecule has 1 aromatic carbocycles. The molecule has 1 amide bonds. The molecule has 2 saturated heterocycles. The second-order valence-corrected chi connectivity index (χ2v) is 11.5. The Kier molecular flexibility index (Phi) is 7.20. The van der Waals surface area contributed by atoms with Gasteiger partial charge in [0, 0.05) is 24.5 Å². The van der Waals surface area contributed by atoms with Crippen LogP contribution >= 0.6 is 11.3 Å². The molecule has 9 nitrogen and oxygen atoms in total. The Balaban J connectivity index is 1.68. The highest BCUT2D eigenvalue weighted by Gasteiger charge is 2.45. The van der Waals surface area contributed by atoms with Crippen molar-refractivity contribution in [1.29, 1.82) is 0 Å². The van der Waals surface area contributed by atoms with E-state index in [9.17, 15) is 23.1 Å². The first-order chi connectivity index (χ1) is 16.2. The summed E-state index contributed by atoms with van der Waals surface area (Å²) in [4.78, 5) is 29.6. The summed E-state index contributed by atoms with van der Waals surface area (Å²) in [5.41, 5.74) is 0.0729. The molecule has 2 aromatic rings. The molecule has 0 spiro atoms. The minimum atomic E-state index is -3.65. The van der Waals surface area contributed by atoms with Crippen molar-refractivity contribution in [2.24, 2.45) is 0 Å². The van der Waals surface area contributed by atoms with Crippen molar-refractivity contribution in [3.05, 3.63) is 57.8 Å². The summed E-state index contributed by atoms with van der Waals surface area (Å²) in [7, 11) is -0.810. The minimum Gasteiger partial charge on any atom is -0.872 e. The van der Waals surface area contributed by atoms with Gasteiger partial charge in [0.2, 0.25) is 15.8 Å². The minimum absolute atomic E-state index is 0.0396.